The Bertz CT molecular complexity index is 2110. The van der Waals surface area contributed by atoms with Crippen molar-refractivity contribution in [1.29, 1.82) is 5.26 Å². The van der Waals surface area contributed by atoms with E-state index in [2.05, 4.69) is 63.0 Å². The molecule has 1 N–H and O–H groups in total. The van der Waals surface area contributed by atoms with Crippen LogP contribution in [0.1, 0.15) is 53.5 Å². The molecule has 0 radical (unpaired) electrons. The van der Waals surface area contributed by atoms with E-state index in [0.29, 0.717) is 5.39 Å². The van der Waals surface area contributed by atoms with Crippen LogP contribution in [-0.4, -0.2) is 73.7 Å². The number of amides is 1. The van der Waals surface area contributed by atoms with Crippen molar-refractivity contribution in [3.63, 3.8) is 0 Å². The summed E-state index contributed by atoms with van der Waals surface area (Å²) < 4.78 is 75.4. The molecule has 274 valence electrons. The van der Waals surface area contributed by atoms with Crippen molar-refractivity contribution in [2.24, 2.45) is 0 Å². The van der Waals surface area contributed by atoms with Gasteiger partial charge < -0.3 is 24.4 Å². The number of anilines is 1. The second-order valence-electron chi connectivity index (χ2n) is 13.9. The zero-order valence-corrected chi connectivity index (χ0v) is 31.2. The summed E-state index contributed by atoms with van der Waals surface area (Å²) in [6.07, 6.45) is -2.68. The number of fused-ring (bicyclic) bond motifs is 2. The predicted octanol–water partition coefficient (Wildman–Crippen LogP) is 8.64. The van der Waals surface area contributed by atoms with Crippen molar-refractivity contribution < 1.29 is 36.9 Å². The van der Waals surface area contributed by atoms with Gasteiger partial charge in [0, 0.05) is 43.1 Å². The Labute approximate surface area is 301 Å². The van der Waals surface area contributed by atoms with Gasteiger partial charge in [0.1, 0.15) is 36.8 Å². The molecule has 0 bridgehead atoms. The van der Waals surface area contributed by atoms with Gasteiger partial charge in [-0.3, -0.25) is 0 Å². The number of methoxy groups -OCH3 is 1. The highest BCUT2D eigenvalue weighted by Gasteiger charge is 2.42. The van der Waals surface area contributed by atoms with Crippen LogP contribution in [0.4, 0.5) is 28.2 Å². The number of hydrogen-bond donors (Lipinski definition) is 1. The molecule has 14 heteroatoms. The lowest BCUT2D eigenvalue weighted by Gasteiger charge is -2.39. The van der Waals surface area contributed by atoms with Crippen molar-refractivity contribution >= 4 is 41.7 Å². The van der Waals surface area contributed by atoms with Gasteiger partial charge in [0.05, 0.1) is 29.7 Å². The average Bonchev–Trinajstić information content (AvgIpc) is 3.08. The van der Waals surface area contributed by atoms with Gasteiger partial charge in [-0.1, -0.05) is 53.5 Å². The number of aromatic nitrogens is 2. The molecule has 3 aromatic carbocycles. The first-order valence-electron chi connectivity index (χ1n) is 17.0. The van der Waals surface area contributed by atoms with E-state index in [1.165, 1.54) is 30.2 Å². The van der Waals surface area contributed by atoms with Gasteiger partial charge >= 0.3 is 12.2 Å². The normalized spacial score (nSPS) is 15.1. The highest BCUT2D eigenvalue weighted by molar-refractivity contribution is 6.90. The van der Waals surface area contributed by atoms with Crippen LogP contribution in [0.3, 0.4) is 0 Å². The smallest absolute Gasteiger partial charge is 0.407 e. The van der Waals surface area contributed by atoms with E-state index < -0.39 is 54.8 Å². The Morgan fingerprint density at radius 3 is 2.33 bits per heavy atom. The standard InChI is InChI=1S/C38H41F4N5O4Si/c1-21(2)52(22(3)4,23(5)6)15-11-27-30(39)9-8-24-16-26(51-20-50-7)17-28(32(24)27)33-31(40)18-29-35(34(33)41)44-37(42)45-36(29)46-13-14-47(38(48)49)25(19-46)10-12-43/h8-9,16-18,21-23,25H,10,13-14,19-20H2,1-7H3,(H,48,49)/t25-/m0/s1. The van der Waals surface area contributed by atoms with Crippen molar-refractivity contribution in [1.82, 2.24) is 14.9 Å². The molecule has 1 fully saturated rings. The number of carbonyl (C=O) groups is 1. The van der Waals surface area contributed by atoms with Crippen LogP contribution in [0.5, 0.6) is 5.75 Å². The summed E-state index contributed by atoms with van der Waals surface area (Å²) in [6.45, 7) is 12.4. The van der Waals surface area contributed by atoms with E-state index in [9.17, 15) is 15.2 Å². The average molecular weight is 736 g/mol. The fourth-order valence-corrected chi connectivity index (χ4v) is 13.0. The van der Waals surface area contributed by atoms with E-state index in [0.717, 1.165) is 11.0 Å². The van der Waals surface area contributed by atoms with Crippen LogP contribution in [0.25, 0.3) is 32.8 Å². The lowest BCUT2D eigenvalue weighted by molar-refractivity contribution is 0.0512. The van der Waals surface area contributed by atoms with Crippen LogP contribution < -0.4 is 9.64 Å². The zero-order valence-electron chi connectivity index (χ0n) is 30.2. The lowest BCUT2D eigenvalue weighted by Crippen LogP contribution is -2.55. The van der Waals surface area contributed by atoms with Gasteiger partial charge in [0.2, 0.25) is 0 Å². The second-order valence-corrected chi connectivity index (χ2v) is 19.5. The van der Waals surface area contributed by atoms with E-state index in [1.54, 1.807) is 6.07 Å². The van der Waals surface area contributed by atoms with Gasteiger partial charge in [0.25, 0.3) is 0 Å². The third kappa shape index (κ3) is 6.97. The summed E-state index contributed by atoms with van der Waals surface area (Å²) in [5, 5.41) is 19.3. The minimum absolute atomic E-state index is 0.0174. The number of nitrogens with zero attached hydrogens (tertiary/aromatic N) is 5. The summed E-state index contributed by atoms with van der Waals surface area (Å²) in [5.74, 6) is 0.205. The molecule has 2 heterocycles. The highest BCUT2D eigenvalue weighted by atomic mass is 28.3. The lowest BCUT2D eigenvalue weighted by atomic mass is 9.92. The Balaban J connectivity index is 1.79. The van der Waals surface area contributed by atoms with Crippen LogP contribution in [0.2, 0.25) is 16.6 Å². The largest absolute Gasteiger partial charge is 0.468 e. The Hall–Kier alpha value is -4.92. The Morgan fingerprint density at radius 1 is 1.02 bits per heavy atom. The second kappa shape index (κ2) is 15.4. The summed E-state index contributed by atoms with van der Waals surface area (Å²) in [6, 6.07) is 7.84. The maximum Gasteiger partial charge on any atom is 0.407 e. The monoisotopic (exact) mass is 735 g/mol. The molecule has 1 atom stereocenters. The number of halogens is 4. The first kappa shape index (κ1) is 38.3. The number of piperazine rings is 1. The molecule has 0 aliphatic carbocycles. The molecule has 1 amide bonds. The first-order valence-corrected chi connectivity index (χ1v) is 19.3. The molecular formula is C38H41F4N5O4Si. The van der Waals surface area contributed by atoms with Crippen molar-refractivity contribution in [2.75, 3.05) is 38.4 Å². The molecule has 1 aliphatic heterocycles. The fraction of sp³-hybridized carbons (Fsp3) is 0.421. The van der Waals surface area contributed by atoms with Gasteiger partial charge in [0.15, 0.2) is 12.6 Å². The number of nitriles is 1. The summed E-state index contributed by atoms with van der Waals surface area (Å²) in [7, 11) is -0.973. The Morgan fingerprint density at radius 2 is 1.71 bits per heavy atom. The molecule has 52 heavy (non-hydrogen) atoms. The molecule has 1 saturated heterocycles. The minimum atomic E-state index is -2.39. The van der Waals surface area contributed by atoms with Gasteiger partial charge in [-0.15, -0.1) is 5.54 Å². The summed E-state index contributed by atoms with van der Waals surface area (Å²) >= 11 is 0. The first-order chi connectivity index (χ1) is 24.7. The zero-order chi connectivity index (χ0) is 38.1. The van der Waals surface area contributed by atoms with E-state index in [1.807, 2.05) is 6.07 Å². The summed E-state index contributed by atoms with van der Waals surface area (Å²) in [5.41, 5.74) is 2.95. The van der Waals surface area contributed by atoms with Crippen LogP contribution in [0.15, 0.2) is 30.3 Å². The van der Waals surface area contributed by atoms with Gasteiger partial charge in [-0.25, -0.2) is 18.0 Å². The molecule has 0 unspecified atom stereocenters. The Kier molecular flexibility index (Phi) is 11.3. The molecule has 4 aromatic rings. The van der Waals surface area contributed by atoms with E-state index in [4.69, 9.17) is 9.47 Å². The molecular weight excluding hydrogens is 695 g/mol. The molecule has 0 saturated carbocycles. The number of rotatable bonds is 9. The number of benzene rings is 3. The van der Waals surface area contributed by atoms with Crippen LogP contribution >= 0.6 is 0 Å². The van der Waals surface area contributed by atoms with Crippen molar-refractivity contribution in [3.8, 4) is 34.4 Å². The maximum absolute atomic E-state index is 16.9. The predicted molar refractivity (Wildman–Crippen MR) is 194 cm³/mol. The van der Waals surface area contributed by atoms with E-state index >= 15 is 17.6 Å². The quantitative estimate of drug-likeness (QED) is 0.0598. The number of hydrogen-bond acceptors (Lipinski definition) is 7. The van der Waals surface area contributed by atoms with Crippen molar-refractivity contribution in [3.05, 3.63) is 59.4 Å². The third-order valence-corrected chi connectivity index (χ3v) is 16.4. The third-order valence-electron chi connectivity index (χ3n) is 10.1. The fourth-order valence-electron chi connectivity index (χ4n) is 7.77. The molecule has 5 rings (SSSR count). The highest BCUT2D eigenvalue weighted by Crippen LogP contribution is 2.43. The molecule has 1 aliphatic rings. The topological polar surface area (TPSA) is 112 Å². The SMILES string of the molecule is COCOc1cc(-c2c(F)cc3c(N4CCN(C(=O)O)[C@@H](CC#N)C4)nc(F)nc3c2F)c2c(C#C[Si](C(C)C)(C(C)C)C(C)C)c(F)ccc2c1. The maximum atomic E-state index is 16.9. The van der Waals surface area contributed by atoms with E-state index in [-0.39, 0.29) is 82.9 Å². The van der Waals surface area contributed by atoms with Crippen molar-refractivity contribution in [2.45, 2.75) is 70.6 Å². The number of ether oxygens (including phenoxy) is 2. The van der Waals surface area contributed by atoms with Crippen LogP contribution in [-0.2, 0) is 4.74 Å². The van der Waals surface area contributed by atoms with Gasteiger partial charge in [-0.2, -0.15) is 19.6 Å². The molecule has 0 spiro atoms. The number of carboxylic acid groups (broad SMARTS) is 1. The molecule has 9 nitrogen and oxygen atoms in total. The molecule has 1 aromatic heterocycles. The van der Waals surface area contributed by atoms with Gasteiger partial charge in [-0.05, 0) is 46.3 Å². The minimum Gasteiger partial charge on any atom is -0.468 e. The van der Waals surface area contributed by atoms with Crippen LogP contribution in [0, 0.1) is 46.3 Å². The summed E-state index contributed by atoms with van der Waals surface area (Å²) in [4.78, 5) is 21.9.